The van der Waals surface area contributed by atoms with E-state index < -0.39 is 28.0 Å². The number of para-hydroxylation sites is 1. The molecule has 0 spiro atoms. The second-order valence-corrected chi connectivity index (χ2v) is 9.80. The first-order chi connectivity index (χ1) is 16.9. The molecule has 2 aromatic carbocycles. The van der Waals surface area contributed by atoms with E-state index in [2.05, 4.69) is 4.98 Å². The van der Waals surface area contributed by atoms with Crippen molar-refractivity contribution in [3.8, 4) is 11.6 Å². The molecule has 1 atom stereocenters. The van der Waals surface area contributed by atoms with Crippen LogP contribution in [0.25, 0.3) is 0 Å². The molecule has 1 aromatic heterocycles. The maximum Gasteiger partial charge on any atom is 0.344 e. The number of sulfonamides is 1. The standard InChI is InChI=1S/C25H25N3O6S/c1-19(33-25(30)22-13-8-14-26-23(22)34-20-9-4-2-5-10-20)24(29)27-15-17-28(18-16-27)35(31,32)21-11-6-3-7-12-21/h2-14,19H,15-18H2,1H3. The topological polar surface area (TPSA) is 106 Å². The molecule has 3 aromatic rings. The number of rotatable bonds is 7. The van der Waals surface area contributed by atoms with Gasteiger partial charge in [-0.3, -0.25) is 4.79 Å². The van der Waals surface area contributed by atoms with Crippen molar-refractivity contribution >= 4 is 21.9 Å². The molecule has 0 N–H and O–H groups in total. The number of nitrogens with zero attached hydrogens (tertiary/aromatic N) is 3. The van der Waals surface area contributed by atoms with Crippen molar-refractivity contribution in [3.05, 3.63) is 84.6 Å². The number of ether oxygens (including phenoxy) is 2. The third kappa shape index (κ3) is 5.67. The summed E-state index contributed by atoms with van der Waals surface area (Å²) in [5.74, 6) is -0.560. The van der Waals surface area contributed by atoms with Crippen LogP contribution < -0.4 is 4.74 Å². The Balaban J connectivity index is 1.36. The second kappa shape index (κ2) is 10.7. The van der Waals surface area contributed by atoms with Crippen LogP contribution >= 0.6 is 0 Å². The Morgan fingerprint density at radius 1 is 0.886 bits per heavy atom. The summed E-state index contributed by atoms with van der Waals surface area (Å²) in [6.07, 6.45) is 0.427. The number of pyridine rings is 1. The number of aromatic nitrogens is 1. The van der Waals surface area contributed by atoms with E-state index in [1.165, 1.54) is 28.4 Å². The number of carbonyl (C=O) groups is 2. The lowest BCUT2D eigenvalue weighted by Crippen LogP contribution is -2.52. The molecule has 1 saturated heterocycles. The lowest BCUT2D eigenvalue weighted by molar-refractivity contribution is -0.141. The van der Waals surface area contributed by atoms with E-state index >= 15 is 0 Å². The Bertz CT molecular complexity index is 1280. The summed E-state index contributed by atoms with van der Waals surface area (Å²) in [5, 5.41) is 0. The van der Waals surface area contributed by atoms with Gasteiger partial charge in [0.25, 0.3) is 5.91 Å². The van der Waals surface area contributed by atoms with Gasteiger partial charge in [-0.15, -0.1) is 0 Å². The summed E-state index contributed by atoms with van der Waals surface area (Å²) >= 11 is 0. The van der Waals surface area contributed by atoms with Crippen LogP contribution in [0.1, 0.15) is 17.3 Å². The highest BCUT2D eigenvalue weighted by molar-refractivity contribution is 7.89. The maximum absolute atomic E-state index is 12.9. The fourth-order valence-electron chi connectivity index (χ4n) is 3.65. The summed E-state index contributed by atoms with van der Waals surface area (Å²) in [6.45, 7) is 2.19. The normalized spacial score (nSPS) is 15.3. The van der Waals surface area contributed by atoms with E-state index in [0.29, 0.717) is 5.75 Å². The van der Waals surface area contributed by atoms with Crippen molar-refractivity contribution in [2.75, 3.05) is 26.2 Å². The molecular weight excluding hydrogens is 470 g/mol. The molecule has 1 unspecified atom stereocenters. The second-order valence-electron chi connectivity index (χ2n) is 7.86. The lowest BCUT2D eigenvalue weighted by atomic mass is 10.2. The Kier molecular flexibility index (Phi) is 7.42. The van der Waals surface area contributed by atoms with Crippen molar-refractivity contribution in [1.82, 2.24) is 14.2 Å². The van der Waals surface area contributed by atoms with Crippen LogP contribution in [0.15, 0.2) is 83.9 Å². The minimum absolute atomic E-state index is 0.0723. The zero-order chi connectivity index (χ0) is 24.8. The molecule has 1 aliphatic heterocycles. The van der Waals surface area contributed by atoms with Crippen LogP contribution in [-0.4, -0.2) is 66.8 Å². The Morgan fingerprint density at radius 3 is 2.17 bits per heavy atom. The molecule has 9 nitrogen and oxygen atoms in total. The average molecular weight is 496 g/mol. The van der Waals surface area contributed by atoms with Gasteiger partial charge in [0.1, 0.15) is 11.3 Å². The Hall–Kier alpha value is -3.76. The predicted molar refractivity (Wildman–Crippen MR) is 127 cm³/mol. The van der Waals surface area contributed by atoms with Gasteiger partial charge in [-0.2, -0.15) is 4.31 Å². The molecule has 35 heavy (non-hydrogen) atoms. The van der Waals surface area contributed by atoms with Gasteiger partial charge in [0.15, 0.2) is 6.10 Å². The van der Waals surface area contributed by atoms with Crippen molar-refractivity contribution < 1.29 is 27.5 Å². The van der Waals surface area contributed by atoms with Gasteiger partial charge < -0.3 is 14.4 Å². The van der Waals surface area contributed by atoms with E-state index in [9.17, 15) is 18.0 Å². The molecule has 1 fully saturated rings. The number of carbonyl (C=O) groups excluding carboxylic acids is 2. The van der Waals surface area contributed by atoms with E-state index in [4.69, 9.17) is 9.47 Å². The molecule has 4 rings (SSSR count). The van der Waals surface area contributed by atoms with Gasteiger partial charge in [0, 0.05) is 32.4 Å². The number of esters is 1. The van der Waals surface area contributed by atoms with Crippen LogP contribution in [0.2, 0.25) is 0 Å². The van der Waals surface area contributed by atoms with Gasteiger partial charge in [-0.1, -0.05) is 36.4 Å². The number of hydrogen-bond donors (Lipinski definition) is 0. The fraction of sp³-hybridized carbons (Fsp3) is 0.240. The summed E-state index contributed by atoms with van der Waals surface area (Å²) in [7, 11) is -3.63. The van der Waals surface area contributed by atoms with Gasteiger partial charge in [0.2, 0.25) is 15.9 Å². The van der Waals surface area contributed by atoms with Crippen LogP contribution in [0.5, 0.6) is 11.6 Å². The third-order valence-electron chi connectivity index (χ3n) is 5.51. The van der Waals surface area contributed by atoms with Gasteiger partial charge >= 0.3 is 5.97 Å². The molecule has 0 saturated carbocycles. The minimum Gasteiger partial charge on any atom is -0.449 e. The first kappa shape index (κ1) is 24.4. The number of hydrogen-bond acceptors (Lipinski definition) is 7. The van der Waals surface area contributed by atoms with Gasteiger partial charge in [-0.25, -0.2) is 18.2 Å². The van der Waals surface area contributed by atoms with Crippen LogP contribution in [0.3, 0.4) is 0 Å². The highest BCUT2D eigenvalue weighted by Gasteiger charge is 2.32. The van der Waals surface area contributed by atoms with E-state index in [1.54, 1.807) is 60.7 Å². The van der Waals surface area contributed by atoms with E-state index in [0.717, 1.165) is 0 Å². The summed E-state index contributed by atoms with van der Waals surface area (Å²) in [5.41, 5.74) is 0.0924. The third-order valence-corrected chi connectivity index (χ3v) is 7.42. The molecule has 0 radical (unpaired) electrons. The quantitative estimate of drug-likeness (QED) is 0.464. The van der Waals surface area contributed by atoms with E-state index in [-0.39, 0.29) is 42.5 Å². The van der Waals surface area contributed by atoms with Crippen molar-refractivity contribution in [2.24, 2.45) is 0 Å². The largest absolute Gasteiger partial charge is 0.449 e. The molecule has 2 heterocycles. The maximum atomic E-state index is 12.9. The van der Waals surface area contributed by atoms with Crippen LogP contribution in [0, 0.1) is 0 Å². The highest BCUT2D eigenvalue weighted by Crippen LogP contribution is 2.24. The molecule has 1 amide bonds. The molecule has 182 valence electrons. The Labute approximate surface area is 204 Å². The SMILES string of the molecule is CC(OC(=O)c1cccnc1Oc1ccccc1)C(=O)N1CCN(S(=O)(=O)c2ccccc2)CC1. The number of piperazine rings is 1. The summed E-state index contributed by atoms with van der Waals surface area (Å²) in [6, 6.07) is 20.1. The monoisotopic (exact) mass is 495 g/mol. The van der Waals surface area contributed by atoms with Crippen molar-refractivity contribution in [2.45, 2.75) is 17.9 Å². The molecule has 1 aliphatic rings. The highest BCUT2D eigenvalue weighted by atomic mass is 32.2. The molecular formula is C25H25N3O6S. The van der Waals surface area contributed by atoms with Crippen molar-refractivity contribution in [3.63, 3.8) is 0 Å². The first-order valence-corrected chi connectivity index (χ1v) is 12.5. The van der Waals surface area contributed by atoms with Crippen LogP contribution in [0.4, 0.5) is 0 Å². The van der Waals surface area contributed by atoms with Gasteiger partial charge in [0.05, 0.1) is 4.90 Å². The fourth-order valence-corrected chi connectivity index (χ4v) is 5.09. The first-order valence-electron chi connectivity index (χ1n) is 11.1. The average Bonchev–Trinajstić information content (AvgIpc) is 2.89. The smallest absolute Gasteiger partial charge is 0.344 e. The minimum atomic E-state index is -3.63. The molecule has 10 heteroatoms. The van der Waals surface area contributed by atoms with Gasteiger partial charge in [-0.05, 0) is 43.3 Å². The summed E-state index contributed by atoms with van der Waals surface area (Å²) < 4.78 is 38.1. The zero-order valence-corrected chi connectivity index (χ0v) is 19.9. The number of benzene rings is 2. The lowest BCUT2D eigenvalue weighted by Gasteiger charge is -2.35. The van der Waals surface area contributed by atoms with Crippen LogP contribution in [-0.2, 0) is 19.6 Å². The summed E-state index contributed by atoms with van der Waals surface area (Å²) in [4.78, 5) is 31.5. The zero-order valence-electron chi connectivity index (χ0n) is 19.1. The predicted octanol–water partition coefficient (Wildman–Crippen LogP) is 2.95. The molecule has 0 aliphatic carbocycles. The molecule has 0 bridgehead atoms. The number of amides is 1. The van der Waals surface area contributed by atoms with E-state index in [1.807, 2.05) is 6.07 Å². The van der Waals surface area contributed by atoms with Crippen molar-refractivity contribution in [1.29, 1.82) is 0 Å². The Morgan fingerprint density at radius 2 is 1.51 bits per heavy atom.